The van der Waals surface area contributed by atoms with Gasteiger partial charge in [-0.3, -0.25) is 4.79 Å². The fourth-order valence-electron chi connectivity index (χ4n) is 4.91. The Labute approximate surface area is 205 Å². The molecule has 0 fully saturated rings. The van der Waals surface area contributed by atoms with E-state index in [1.807, 2.05) is 74.5 Å². The Morgan fingerprint density at radius 3 is 2.00 bits per heavy atom. The molecule has 0 aromatic heterocycles. The summed E-state index contributed by atoms with van der Waals surface area (Å²) in [4.78, 5) is 15.6. The van der Waals surface area contributed by atoms with E-state index in [2.05, 4.69) is 35.2 Å². The molecule has 1 aliphatic heterocycles. The smallest absolute Gasteiger partial charge is 0.205 e. The van der Waals surface area contributed by atoms with E-state index in [9.17, 15) is 10.1 Å². The Balaban J connectivity index is 1.59. The van der Waals surface area contributed by atoms with Gasteiger partial charge in [-0.2, -0.15) is 5.26 Å². The average Bonchev–Trinajstić information content (AvgIpc) is 2.88. The second-order valence-corrected chi connectivity index (χ2v) is 9.57. The van der Waals surface area contributed by atoms with Gasteiger partial charge in [0.1, 0.15) is 17.4 Å². The third kappa shape index (κ3) is 3.98. The van der Waals surface area contributed by atoms with Gasteiger partial charge < -0.3 is 15.4 Å². The molecule has 0 radical (unpaired) electrons. The molecule has 5 nitrogen and oxygen atoms in total. The van der Waals surface area contributed by atoms with Crippen LogP contribution in [0.25, 0.3) is 0 Å². The number of hydrogen-bond donors (Lipinski definition) is 1. The van der Waals surface area contributed by atoms with Crippen molar-refractivity contribution in [3.8, 4) is 6.07 Å². The predicted octanol–water partition coefficient (Wildman–Crippen LogP) is 6.61. The highest BCUT2D eigenvalue weighted by molar-refractivity contribution is 6.03. The maximum Gasteiger partial charge on any atom is 0.205 e. The second kappa shape index (κ2) is 8.81. The number of para-hydroxylation sites is 2. The van der Waals surface area contributed by atoms with Crippen LogP contribution < -0.4 is 10.6 Å². The van der Waals surface area contributed by atoms with E-state index in [4.69, 9.17) is 10.5 Å². The Hall–Kier alpha value is -4.30. The highest BCUT2D eigenvalue weighted by Crippen LogP contribution is 2.48. The molecule has 0 saturated carbocycles. The number of nitrogens with zero attached hydrogens (tertiary/aromatic N) is 2. The molecule has 5 heteroatoms. The Morgan fingerprint density at radius 2 is 1.46 bits per heavy atom. The summed E-state index contributed by atoms with van der Waals surface area (Å²) in [5, 5.41) is 9.93. The summed E-state index contributed by atoms with van der Waals surface area (Å²) < 4.78 is 5.77. The Kier molecular flexibility index (Phi) is 5.66. The molecular weight excluding hydrogens is 434 g/mol. The van der Waals surface area contributed by atoms with Gasteiger partial charge in [0.05, 0.1) is 5.92 Å². The number of ether oxygens (including phenoxy) is 1. The summed E-state index contributed by atoms with van der Waals surface area (Å²) >= 11 is 0. The molecule has 3 aromatic carbocycles. The van der Waals surface area contributed by atoms with Crippen LogP contribution in [0, 0.1) is 16.7 Å². The van der Waals surface area contributed by atoms with Gasteiger partial charge in [0.2, 0.25) is 5.88 Å². The number of rotatable bonds is 4. The van der Waals surface area contributed by atoms with Crippen molar-refractivity contribution in [2.75, 3.05) is 4.90 Å². The van der Waals surface area contributed by atoms with Crippen LogP contribution in [0.4, 0.5) is 17.1 Å². The molecule has 174 valence electrons. The lowest BCUT2D eigenvalue weighted by Crippen LogP contribution is -2.36. The molecule has 2 aliphatic rings. The molecule has 1 unspecified atom stereocenters. The number of nitrogens with two attached hydrogens (primary N) is 1. The highest BCUT2D eigenvalue weighted by atomic mass is 16.5. The largest absolute Gasteiger partial charge is 0.444 e. The average molecular weight is 462 g/mol. The highest BCUT2D eigenvalue weighted by Gasteiger charge is 2.44. The number of anilines is 3. The summed E-state index contributed by atoms with van der Waals surface area (Å²) in [6.07, 6.45) is 1.31. The first kappa shape index (κ1) is 22.5. The van der Waals surface area contributed by atoms with Gasteiger partial charge in [-0.05, 0) is 48.4 Å². The van der Waals surface area contributed by atoms with Crippen LogP contribution >= 0.6 is 0 Å². The molecule has 1 aliphatic carbocycles. The van der Waals surface area contributed by atoms with Gasteiger partial charge in [0, 0.05) is 34.5 Å². The summed E-state index contributed by atoms with van der Waals surface area (Å²) in [5.74, 6) is 0.160. The molecule has 0 amide bonds. The Morgan fingerprint density at radius 1 is 0.914 bits per heavy atom. The molecule has 1 atom stereocenters. The maximum atomic E-state index is 13.5. The quantitative estimate of drug-likeness (QED) is 0.473. The molecular formula is C30H27N3O2. The van der Waals surface area contributed by atoms with Gasteiger partial charge in [-0.25, -0.2) is 0 Å². The second-order valence-electron chi connectivity index (χ2n) is 9.57. The topological polar surface area (TPSA) is 79.4 Å². The van der Waals surface area contributed by atoms with Crippen molar-refractivity contribution < 1.29 is 9.53 Å². The van der Waals surface area contributed by atoms with Gasteiger partial charge >= 0.3 is 0 Å². The van der Waals surface area contributed by atoms with Crippen LogP contribution in [0.5, 0.6) is 0 Å². The third-order valence-electron chi connectivity index (χ3n) is 6.85. The normalized spacial score (nSPS) is 19.0. The number of benzene rings is 3. The molecule has 1 heterocycles. The van der Waals surface area contributed by atoms with E-state index in [-0.39, 0.29) is 17.2 Å². The van der Waals surface area contributed by atoms with Crippen molar-refractivity contribution in [3.05, 3.63) is 113 Å². The van der Waals surface area contributed by atoms with Crippen LogP contribution in [-0.4, -0.2) is 5.78 Å². The van der Waals surface area contributed by atoms with Crippen molar-refractivity contribution >= 4 is 22.8 Å². The zero-order valence-corrected chi connectivity index (χ0v) is 19.9. The van der Waals surface area contributed by atoms with Crippen molar-refractivity contribution in [1.29, 1.82) is 5.26 Å². The first-order chi connectivity index (χ1) is 16.9. The number of carbonyl (C=O) groups is 1. The van der Waals surface area contributed by atoms with Gasteiger partial charge in [0.15, 0.2) is 5.78 Å². The number of carbonyl (C=O) groups excluding carboxylic acids is 1. The minimum atomic E-state index is -0.535. The van der Waals surface area contributed by atoms with Crippen LogP contribution in [0.2, 0.25) is 0 Å². The SMILES string of the molecule is CC1(C)CCC2=C(C1=O)C(c1ccc(N(c3ccccc3)c3ccccc3)cc1)C(C#N)=C(N)O2. The summed E-state index contributed by atoms with van der Waals surface area (Å²) in [6.45, 7) is 3.90. The number of ketones is 1. The van der Waals surface area contributed by atoms with Crippen LogP contribution in [0.3, 0.4) is 0 Å². The van der Waals surface area contributed by atoms with Gasteiger partial charge in [-0.1, -0.05) is 62.4 Å². The van der Waals surface area contributed by atoms with E-state index in [1.54, 1.807) is 0 Å². The maximum absolute atomic E-state index is 13.5. The molecule has 3 aromatic rings. The molecule has 5 rings (SSSR count). The third-order valence-corrected chi connectivity index (χ3v) is 6.85. The minimum Gasteiger partial charge on any atom is -0.444 e. The Bertz CT molecular complexity index is 1330. The number of Topliss-reactive ketones (excluding diaryl/α,β-unsaturated/α-hetero) is 1. The molecule has 0 spiro atoms. The van der Waals surface area contributed by atoms with E-state index in [0.717, 1.165) is 22.6 Å². The van der Waals surface area contributed by atoms with Crippen molar-refractivity contribution in [2.45, 2.75) is 32.6 Å². The summed E-state index contributed by atoms with van der Waals surface area (Å²) in [7, 11) is 0. The lowest BCUT2D eigenvalue weighted by atomic mass is 9.68. The van der Waals surface area contributed by atoms with Crippen molar-refractivity contribution in [1.82, 2.24) is 0 Å². The molecule has 0 saturated heterocycles. The number of nitriles is 1. The molecule has 35 heavy (non-hydrogen) atoms. The van der Waals surface area contributed by atoms with E-state index < -0.39 is 11.3 Å². The van der Waals surface area contributed by atoms with Crippen molar-refractivity contribution in [3.63, 3.8) is 0 Å². The van der Waals surface area contributed by atoms with Crippen molar-refractivity contribution in [2.24, 2.45) is 11.1 Å². The zero-order chi connectivity index (χ0) is 24.6. The fourth-order valence-corrected chi connectivity index (χ4v) is 4.91. The zero-order valence-electron chi connectivity index (χ0n) is 19.9. The fraction of sp³-hybridized carbons (Fsp3) is 0.200. The first-order valence-corrected chi connectivity index (χ1v) is 11.8. The van der Waals surface area contributed by atoms with Gasteiger partial charge in [-0.15, -0.1) is 0 Å². The lowest BCUT2D eigenvalue weighted by Gasteiger charge is -2.37. The first-order valence-electron chi connectivity index (χ1n) is 11.8. The molecule has 0 bridgehead atoms. The van der Waals surface area contributed by atoms with E-state index in [0.29, 0.717) is 24.2 Å². The minimum absolute atomic E-state index is 0.0169. The summed E-state index contributed by atoms with van der Waals surface area (Å²) in [6, 6.07) is 30.5. The van der Waals surface area contributed by atoms with E-state index in [1.165, 1.54) is 0 Å². The van der Waals surface area contributed by atoms with E-state index >= 15 is 0 Å². The number of hydrogen-bond acceptors (Lipinski definition) is 5. The van der Waals surface area contributed by atoms with Gasteiger partial charge in [0.25, 0.3) is 0 Å². The monoisotopic (exact) mass is 461 g/mol. The van der Waals surface area contributed by atoms with Crippen LogP contribution in [-0.2, 0) is 9.53 Å². The predicted molar refractivity (Wildman–Crippen MR) is 137 cm³/mol. The summed E-state index contributed by atoms with van der Waals surface area (Å²) in [5.41, 5.74) is 10.4. The van der Waals surface area contributed by atoms with Crippen LogP contribution in [0.1, 0.15) is 38.2 Å². The lowest BCUT2D eigenvalue weighted by molar-refractivity contribution is -0.125. The number of allylic oxidation sites excluding steroid dienone is 3. The standard InChI is InChI=1S/C30H27N3O2/c1-30(2)18-17-25-27(28(30)34)26(24(19-31)29(32)35-25)20-13-15-23(16-14-20)33(21-9-5-3-6-10-21)22-11-7-4-8-12-22/h3-16,26H,17-18,32H2,1-2H3. The molecule has 2 N–H and O–H groups in total. The van der Waals surface area contributed by atoms with Crippen LogP contribution in [0.15, 0.2) is 108 Å².